The Balaban J connectivity index is 5.09. The monoisotopic (exact) mass is 295 g/mol. The van der Waals surface area contributed by atoms with Crippen molar-refractivity contribution in [3.05, 3.63) is 0 Å². The Morgan fingerprint density at radius 3 is 2.05 bits per heavy atom. The largest absolute Gasteiger partial charge is 0.345 e. The highest BCUT2D eigenvalue weighted by molar-refractivity contribution is 5.83. The van der Waals surface area contributed by atoms with Crippen molar-refractivity contribution in [2.75, 3.05) is 34.2 Å². The number of hydrogen-bond donors (Lipinski definition) is 0. The first-order valence-electron chi connectivity index (χ1n) is 7.79. The summed E-state index contributed by atoms with van der Waals surface area (Å²) in [7, 11) is 5.91. The standard InChI is InChI=1S/C17H33N3O/c1-14(2)12-17(5,16(3,4)13-18)15(21)20(8)11-9-10-19(6)7/h14H,9-12H2,1-8H3. The number of hydrogen-bond acceptors (Lipinski definition) is 3. The predicted octanol–water partition coefficient (Wildman–Crippen LogP) is 3.00. The predicted molar refractivity (Wildman–Crippen MR) is 87.8 cm³/mol. The van der Waals surface area contributed by atoms with Crippen molar-refractivity contribution < 1.29 is 4.79 Å². The van der Waals surface area contributed by atoms with E-state index in [-0.39, 0.29) is 5.91 Å². The minimum Gasteiger partial charge on any atom is -0.345 e. The number of carbonyl (C=O) groups excluding carboxylic acids is 1. The summed E-state index contributed by atoms with van der Waals surface area (Å²) >= 11 is 0. The summed E-state index contributed by atoms with van der Waals surface area (Å²) in [5.74, 6) is 0.461. The van der Waals surface area contributed by atoms with Crippen molar-refractivity contribution in [2.45, 2.75) is 47.5 Å². The van der Waals surface area contributed by atoms with Crippen LogP contribution in [0, 0.1) is 28.1 Å². The summed E-state index contributed by atoms with van der Waals surface area (Å²) < 4.78 is 0. The molecule has 0 N–H and O–H groups in total. The molecule has 0 aliphatic rings. The van der Waals surface area contributed by atoms with Gasteiger partial charge in [0.15, 0.2) is 0 Å². The van der Waals surface area contributed by atoms with Crippen molar-refractivity contribution in [1.29, 1.82) is 5.26 Å². The maximum atomic E-state index is 12.9. The summed E-state index contributed by atoms with van der Waals surface area (Å²) in [5.41, 5.74) is -1.33. The molecular formula is C17H33N3O. The molecule has 0 aromatic rings. The summed E-state index contributed by atoms with van der Waals surface area (Å²) in [5, 5.41) is 9.49. The van der Waals surface area contributed by atoms with E-state index < -0.39 is 10.8 Å². The zero-order chi connectivity index (χ0) is 16.8. The van der Waals surface area contributed by atoms with Gasteiger partial charge < -0.3 is 9.80 Å². The van der Waals surface area contributed by atoms with Gasteiger partial charge in [-0.15, -0.1) is 0 Å². The molecule has 1 amide bonds. The Bertz CT molecular complexity index is 382. The summed E-state index contributed by atoms with van der Waals surface area (Å²) in [4.78, 5) is 16.9. The molecule has 0 aromatic carbocycles. The molecule has 1 unspecified atom stereocenters. The van der Waals surface area contributed by atoms with E-state index in [2.05, 4.69) is 24.8 Å². The Labute approximate surface area is 131 Å². The van der Waals surface area contributed by atoms with Crippen LogP contribution in [0.25, 0.3) is 0 Å². The van der Waals surface area contributed by atoms with Crippen LogP contribution in [-0.4, -0.2) is 49.9 Å². The summed E-state index contributed by atoms with van der Waals surface area (Å²) in [6, 6.07) is 2.34. The maximum absolute atomic E-state index is 12.9. The van der Waals surface area contributed by atoms with Crippen molar-refractivity contribution in [1.82, 2.24) is 9.80 Å². The topological polar surface area (TPSA) is 47.3 Å². The average Bonchev–Trinajstić information content (AvgIpc) is 2.35. The highest BCUT2D eigenvalue weighted by Crippen LogP contribution is 2.44. The second-order valence-corrected chi connectivity index (χ2v) is 7.55. The fourth-order valence-corrected chi connectivity index (χ4v) is 2.70. The quantitative estimate of drug-likeness (QED) is 0.691. The number of rotatable bonds is 8. The number of amides is 1. The summed E-state index contributed by atoms with van der Waals surface area (Å²) in [6.07, 6.45) is 1.67. The fourth-order valence-electron chi connectivity index (χ4n) is 2.70. The highest BCUT2D eigenvalue weighted by Gasteiger charge is 2.48. The molecular weight excluding hydrogens is 262 g/mol. The van der Waals surface area contributed by atoms with E-state index in [0.717, 1.165) is 25.9 Å². The second kappa shape index (κ2) is 7.79. The van der Waals surface area contributed by atoms with Crippen LogP contribution in [0.1, 0.15) is 47.5 Å². The van der Waals surface area contributed by atoms with Gasteiger partial charge >= 0.3 is 0 Å². The van der Waals surface area contributed by atoms with Crippen LogP contribution in [-0.2, 0) is 4.79 Å². The Morgan fingerprint density at radius 2 is 1.67 bits per heavy atom. The molecule has 1 atom stereocenters. The lowest BCUT2D eigenvalue weighted by molar-refractivity contribution is -0.146. The molecule has 122 valence electrons. The molecule has 0 heterocycles. The lowest BCUT2D eigenvalue weighted by Gasteiger charge is -2.42. The first kappa shape index (κ1) is 19.9. The second-order valence-electron chi connectivity index (χ2n) is 7.55. The molecule has 4 nitrogen and oxygen atoms in total. The molecule has 0 radical (unpaired) electrons. The van der Waals surface area contributed by atoms with Crippen LogP contribution < -0.4 is 0 Å². The van der Waals surface area contributed by atoms with E-state index in [4.69, 9.17) is 0 Å². The van der Waals surface area contributed by atoms with Gasteiger partial charge in [-0.3, -0.25) is 4.79 Å². The molecule has 0 aliphatic carbocycles. The van der Waals surface area contributed by atoms with E-state index in [1.165, 1.54) is 0 Å². The molecule has 0 saturated carbocycles. The highest BCUT2D eigenvalue weighted by atomic mass is 16.2. The minimum absolute atomic E-state index is 0.0847. The minimum atomic E-state index is -0.676. The fraction of sp³-hybridized carbons (Fsp3) is 0.882. The molecule has 0 aromatic heterocycles. The zero-order valence-electron chi connectivity index (χ0n) is 15.2. The number of nitriles is 1. The van der Waals surface area contributed by atoms with Crippen LogP contribution in [0.2, 0.25) is 0 Å². The van der Waals surface area contributed by atoms with Gasteiger partial charge in [0.2, 0.25) is 5.91 Å². The van der Waals surface area contributed by atoms with Crippen molar-refractivity contribution in [3.8, 4) is 6.07 Å². The molecule has 21 heavy (non-hydrogen) atoms. The smallest absolute Gasteiger partial charge is 0.229 e. The molecule has 0 saturated heterocycles. The van der Waals surface area contributed by atoms with Gasteiger partial charge in [-0.1, -0.05) is 13.8 Å². The van der Waals surface area contributed by atoms with Gasteiger partial charge in [-0.25, -0.2) is 0 Å². The SMILES string of the molecule is CC(C)CC(C)(C(=O)N(C)CCCN(C)C)C(C)(C)C#N. The van der Waals surface area contributed by atoms with Crippen LogP contribution >= 0.6 is 0 Å². The van der Waals surface area contributed by atoms with E-state index >= 15 is 0 Å². The van der Waals surface area contributed by atoms with Crippen molar-refractivity contribution in [3.63, 3.8) is 0 Å². The average molecular weight is 295 g/mol. The Morgan fingerprint density at radius 1 is 1.14 bits per heavy atom. The third-order valence-electron chi connectivity index (χ3n) is 4.39. The lowest BCUT2D eigenvalue weighted by Crippen LogP contribution is -2.49. The number of nitrogens with zero attached hydrogens (tertiary/aromatic N) is 3. The van der Waals surface area contributed by atoms with Gasteiger partial charge in [0, 0.05) is 13.6 Å². The van der Waals surface area contributed by atoms with Crippen LogP contribution in [0.3, 0.4) is 0 Å². The Kier molecular flexibility index (Phi) is 7.39. The Hall–Kier alpha value is -1.08. The van der Waals surface area contributed by atoms with Crippen molar-refractivity contribution >= 4 is 5.91 Å². The molecule has 4 heteroatoms. The normalized spacial score (nSPS) is 14.9. The van der Waals surface area contributed by atoms with Gasteiger partial charge in [0.1, 0.15) is 0 Å². The van der Waals surface area contributed by atoms with E-state index in [9.17, 15) is 10.1 Å². The van der Waals surface area contributed by atoms with Crippen LogP contribution in [0.5, 0.6) is 0 Å². The molecule has 0 bridgehead atoms. The van der Waals surface area contributed by atoms with E-state index in [1.807, 2.05) is 41.9 Å². The lowest BCUT2D eigenvalue weighted by atomic mass is 9.63. The molecule has 0 spiro atoms. The van der Waals surface area contributed by atoms with Gasteiger partial charge in [0.05, 0.1) is 16.9 Å². The number of carbonyl (C=O) groups is 1. The van der Waals surface area contributed by atoms with Gasteiger partial charge in [-0.05, 0) is 60.2 Å². The first-order chi connectivity index (χ1) is 9.48. The molecule has 0 rings (SSSR count). The van der Waals surface area contributed by atoms with E-state index in [1.54, 1.807) is 4.90 Å². The third-order valence-corrected chi connectivity index (χ3v) is 4.39. The van der Waals surface area contributed by atoms with E-state index in [0.29, 0.717) is 5.92 Å². The van der Waals surface area contributed by atoms with Gasteiger partial charge in [-0.2, -0.15) is 5.26 Å². The van der Waals surface area contributed by atoms with Crippen LogP contribution in [0.15, 0.2) is 0 Å². The van der Waals surface area contributed by atoms with Gasteiger partial charge in [0.25, 0.3) is 0 Å². The first-order valence-corrected chi connectivity index (χ1v) is 7.79. The van der Waals surface area contributed by atoms with Crippen molar-refractivity contribution in [2.24, 2.45) is 16.7 Å². The summed E-state index contributed by atoms with van der Waals surface area (Å²) in [6.45, 7) is 11.6. The maximum Gasteiger partial charge on any atom is 0.229 e. The molecule has 0 aliphatic heterocycles. The third kappa shape index (κ3) is 5.32. The van der Waals surface area contributed by atoms with Crippen LogP contribution in [0.4, 0.5) is 0 Å². The zero-order valence-corrected chi connectivity index (χ0v) is 15.2. The molecule has 0 fully saturated rings.